The molecule has 0 bridgehead atoms. The van der Waals surface area contributed by atoms with Crippen molar-refractivity contribution in [1.29, 1.82) is 0 Å². The van der Waals surface area contributed by atoms with Crippen molar-refractivity contribution in [2.24, 2.45) is 17.3 Å². The molecule has 0 heterocycles. The monoisotopic (exact) mass is 138 g/mol. The summed E-state index contributed by atoms with van der Waals surface area (Å²) in [4.78, 5) is 11.2. The number of hydrogen-bond donors (Lipinski definition) is 0. The summed E-state index contributed by atoms with van der Waals surface area (Å²) in [5, 5.41) is 0. The molecule has 2 aliphatic carbocycles. The molecule has 56 valence electrons. The van der Waals surface area contributed by atoms with Crippen molar-refractivity contribution >= 4 is 5.78 Å². The molecule has 0 aromatic carbocycles. The van der Waals surface area contributed by atoms with E-state index in [-0.39, 0.29) is 0 Å². The van der Waals surface area contributed by atoms with Crippen LogP contribution in [0.3, 0.4) is 0 Å². The Bertz CT molecular complexity index is 185. The molecule has 2 fully saturated rings. The third-order valence-corrected chi connectivity index (χ3v) is 3.61. The van der Waals surface area contributed by atoms with Crippen LogP contribution in [-0.2, 0) is 4.79 Å². The van der Waals surface area contributed by atoms with Crippen molar-refractivity contribution in [3.63, 3.8) is 0 Å². The molecule has 0 spiro atoms. The summed E-state index contributed by atoms with van der Waals surface area (Å²) in [6.45, 7) is 4.36. The molecule has 0 amide bonds. The Morgan fingerprint density at radius 3 is 2.50 bits per heavy atom. The summed E-state index contributed by atoms with van der Waals surface area (Å²) in [6.07, 6.45) is 3.44. The predicted octanol–water partition coefficient (Wildman–Crippen LogP) is 2.01. The Kier molecular flexibility index (Phi) is 1.04. The van der Waals surface area contributed by atoms with E-state index in [1.807, 2.05) is 0 Å². The highest BCUT2D eigenvalue weighted by molar-refractivity contribution is 5.84. The first-order chi connectivity index (χ1) is 4.63. The number of fused-ring (bicyclic) bond motifs is 1. The van der Waals surface area contributed by atoms with Crippen LogP contribution in [0.1, 0.15) is 33.1 Å². The highest BCUT2D eigenvalue weighted by Gasteiger charge is 2.53. The molecule has 2 aliphatic rings. The van der Waals surface area contributed by atoms with Gasteiger partial charge in [0.1, 0.15) is 5.78 Å². The van der Waals surface area contributed by atoms with E-state index in [2.05, 4.69) is 13.8 Å². The van der Waals surface area contributed by atoms with Crippen molar-refractivity contribution in [3.05, 3.63) is 0 Å². The lowest BCUT2D eigenvalue weighted by atomic mass is 9.62. The maximum Gasteiger partial charge on any atom is 0.136 e. The van der Waals surface area contributed by atoms with Gasteiger partial charge in [0, 0.05) is 12.3 Å². The van der Waals surface area contributed by atoms with E-state index in [0.29, 0.717) is 17.1 Å². The van der Waals surface area contributed by atoms with Crippen molar-refractivity contribution in [3.8, 4) is 0 Å². The number of rotatable bonds is 0. The number of Topliss-reactive ketones (excluding diaryl/α,β-unsaturated/α-hetero) is 1. The summed E-state index contributed by atoms with van der Waals surface area (Å²) >= 11 is 0. The highest BCUT2D eigenvalue weighted by atomic mass is 16.1. The molecule has 0 radical (unpaired) electrons. The van der Waals surface area contributed by atoms with Crippen LogP contribution in [0.15, 0.2) is 0 Å². The van der Waals surface area contributed by atoms with E-state index < -0.39 is 0 Å². The second-order valence-corrected chi connectivity index (χ2v) is 4.23. The standard InChI is InChI=1S/C9H14O/c1-6-7-3-4-9(7,2)5-8(6)10/h6-7H,3-5H2,1-2H3/t6-,7+,9-/m0/s1. The van der Waals surface area contributed by atoms with E-state index in [4.69, 9.17) is 0 Å². The fourth-order valence-electron chi connectivity index (χ4n) is 2.66. The Hall–Kier alpha value is -0.330. The van der Waals surface area contributed by atoms with Crippen LogP contribution in [0.25, 0.3) is 0 Å². The van der Waals surface area contributed by atoms with E-state index in [1.54, 1.807) is 0 Å². The van der Waals surface area contributed by atoms with Gasteiger partial charge in [-0.25, -0.2) is 0 Å². The molecule has 0 saturated heterocycles. The van der Waals surface area contributed by atoms with E-state index in [0.717, 1.165) is 12.3 Å². The summed E-state index contributed by atoms with van der Waals surface area (Å²) in [7, 11) is 0. The van der Waals surface area contributed by atoms with Crippen molar-refractivity contribution in [2.75, 3.05) is 0 Å². The van der Waals surface area contributed by atoms with Crippen LogP contribution >= 0.6 is 0 Å². The summed E-state index contributed by atoms with van der Waals surface area (Å²) in [5.74, 6) is 1.61. The van der Waals surface area contributed by atoms with Gasteiger partial charge in [-0.2, -0.15) is 0 Å². The molecule has 3 atom stereocenters. The smallest absolute Gasteiger partial charge is 0.136 e. The van der Waals surface area contributed by atoms with Gasteiger partial charge in [-0.05, 0) is 24.2 Å². The van der Waals surface area contributed by atoms with Gasteiger partial charge in [-0.1, -0.05) is 13.8 Å². The summed E-state index contributed by atoms with van der Waals surface area (Å²) < 4.78 is 0. The second-order valence-electron chi connectivity index (χ2n) is 4.23. The highest BCUT2D eigenvalue weighted by Crippen LogP contribution is 2.57. The van der Waals surface area contributed by atoms with E-state index in [9.17, 15) is 4.79 Å². The minimum absolute atomic E-state index is 0.374. The maximum atomic E-state index is 11.2. The predicted molar refractivity (Wildman–Crippen MR) is 39.6 cm³/mol. The first-order valence-electron chi connectivity index (χ1n) is 4.16. The van der Waals surface area contributed by atoms with Crippen LogP contribution in [0.2, 0.25) is 0 Å². The van der Waals surface area contributed by atoms with Crippen molar-refractivity contribution in [1.82, 2.24) is 0 Å². The molecular weight excluding hydrogens is 124 g/mol. The second kappa shape index (κ2) is 1.63. The lowest BCUT2D eigenvalue weighted by Gasteiger charge is -2.42. The molecule has 0 aliphatic heterocycles. The van der Waals surface area contributed by atoms with Gasteiger partial charge in [-0.3, -0.25) is 4.79 Å². The average Bonchev–Trinajstić information content (AvgIpc) is 1.95. The van der Waals surface area contributed by atoms with E-state index in [1.165, 1.54) is 12.8 Å². The fourth-order valence-corrected chi connectivity index (χ4v) is 2.66. The topological polar surface area (TPSA) is 17.1 Å². The molecule has 2 saturated carbocycles. The lowest BCUT2D eigenvalue weighted by Crippen LogP contribution is -2.34. The first-order valence-corrected chi connectivity index (χ1v) is 4.16. The van der Waals surface area contributed by atoms with Gasteiger partial charge >= 0.3 is 0 Å². The molecule has 0 unspecified atom stereocenters. The number of carbonyl (C=O) groups is 1. The molecule has 1 nitrogen and oxygen atoms in total. The zero-order valence-electron chi connectivity index (χ0n) is 6.68. The largest absolute Gasteiger partial charge is 0.299 e. The Morgan fingerprint density at radius 1 is 1.60 bits per heavy atom. The zero-order chi connectivity index (χ0) is 7.35. The number of ketones is 1. The molecule has 0 N–H and O–H groups in total. The van der Waals surface area contributed by atoms with Gasteiger partial charge in [0.2, 0.25) is 0 Å². The fraction of sp³-hybridized carbons (Fsp3) is 0.889. The quantitative estimate of drug-likeness (QED) is 0.500. The first kappa shape index (κ1) is 6.38. The Labute approximate surface area is 61.8 Å². The van der Waals surface area contributed by atoms with Crippen LogP contribution in [-0.4, -0.2) is 5.78 Å². The average molecular weight is 138 g/mol. The Balaban J connectivity index is 2.25. The van der Waals surface area contributed by atoms with Gasteiger partial charge in [0.05, 0.1) is 0 Å². The van der Waals surface area contributed by atoms with Crippen LogP contribution in [0.4, 0.5) is 0 Å². The van der Waals surface area contributed by atoms with E-state index >= 15 is 0 Å². The van der Waals surface area contributed by atoms with Crippen LogP contribution < -0.4 is 0 Å². The third-order valence-electron chi connectivity index (χ3n) is 3.61. The maximum absolute atomic E-state index is 11.2. The van der Waals surface area contributed by atoms with Crippen LogP contribution in [0.5, 0.6) is 0 Å². The zero-order valence-corrected chi connectivity index (χ0v) is 6.68. The summed E-state index contributed by atoms with van der Waals surface area (Å²) in [5.41, 5.74) is 0.427. The molecule has 1 heteroatoms. The summed E-state index contributed by atoms with van der Waals surface area (Å²) in [6, 6.07) is 0. The van der Waals surface area contributed by atoms with Crippen molar-refractivity contribution in [2.45, 2.75) is 33.1 Å². The van der Waals surface area contributed by atoms with Gasteiger partial charge < -0.3 is 0 Å². The molecule has 0 aromatic rings. The minimum atomic E-state index is 0.374. The third kappa shape index (κ3) is 0.561. The molecular formula is C9H14O. The van der Waals surface area contributed by atoms with Crippen molar-refractivity contribution < 1.29 is 4.79 Å². The van der Waals surface area contributed by atoms with Gasteiger partial charge in [-0.15, -0.1) is 0 Å². The SMILES string of the molecule is C[C@@H]1C(=O)C[C@]2(C)CC[C@H]12. The van der Waals surface area contributed by atoms with Gasteiger partial charge in [0.25, 0.3) is 0 Å². The number of hydrogen-bond acceptors (Lipinski definition) is 1. The molecule has 10 heavy (non-hydrogen) atoms. The number of carbonyl (C=O) groups excluding carboxylic acids is 1. The molecule has 2 rings (SSSR count). The molecule has 0 aromatic heterocycles. The van der Waals surface area contributed by atoms with Gasteiger partial charge in [0.15, 0.2) is 0 Å². The minimum Gasteiger partial charge on any atom is -0.299 e. The van der Waals surface area contributed by atoms with Crippen LogP contribution in [0, 0.1) is 17.3 Å². The normalized spacial score (nSPS) is 52.4. The lowest BCUT2D eigenvalue weighted by molar-refractivity contribution is -0.120. The Morgan fingerprint density at radius 2 is 2.30 bits per heavy atom.